The van der Waals surface area contributed by atoms with Crippen molar-refractivity contribution in [3.05, 3.63) is 47.4 Å². The van der Waals surface area contributed by atoms with Gasteiger partial charge in [0.25, 0.3) is 0 Å². The summed E-state index contributed by atoms with van der Waals surface area (Å²) < 4.78 is 18.1. The number of nitrogens with zero attached hydrogens (tertiary/aromatic N) is 2. The molecule has 2 aromatic rings. The predicted molar refractivity (Wildman–Crippen MR) is 61.3 cm³/mol. The predicted octanol–water partition coefficient (Wildman–Crippen LogP) is 2.36. The zero-order valence-corrected chi connectivity index (χ0v) is 9.71. The van der Waals surface area contributed by atoms with Crippen LogP contribution in [-0.2, 0) is 6.42 Å². The van der Waals surface area contributed by atoms with Gasteiger partial charge in [0.05, 0.1) is 12.5 Å². The Labute approximate surface area is 103 Å². The monoisotopic (exact) mass is 248 g/mol. The van der Waals surface area contributed by atoms with E-state index < -0.39 is 6.10 Å². The number of halogens is 1. The van der Waals surface area contributed by atoms with Gasteiger partial charge in [-0.2, -0.15) is 4.98 Å². The average Bonchev–Trinajstić information content (AvgIpc) is 3.11. The molecule has 3 rings (SSSR count). The van der Waals surface area contributed by atoms with Crippen molar-refractivity contribution in [2.75, 3.05) is 0 Å². The topological polar surface area (TPSA) is 59.2 Å². The van der Waals surface area contributed by atoms with E-state index in [1.165, 1.54) is 12.1 Å². The zero-order valence-electron chi connectivity index (χ0n) is 9.71. The standard InChI is InChI=1S/C13H13FN2O2/c14-10-3-1-2-9(6-10)11(17)7-12-15-13(16-18-12)8-4-5-8/h1-3,6,8,11,17H,4-5,7H2/t11-/m1/s1. The second kappa shape index (κ2) is 4.49. The van der Waals surface area contributed by atoms with Crippen LogP contribution in [0, 0.1) is 5.82 Å². The van der Waals surface area contributed by atoms with Crippen LogP contribution >= 0.6 is 0 Å². The van der Waals surface area contributed by atoms with Gasteiger partial charge in [-0.3, -0.25) is 0 Å². The first-order valence-electron chi connectivity index (χ1n) is 5.98. The molecular weight excluding hydrogens is 235 g/mol. The lowest BCUT2D eigenvalue weighted by Gasteiger charge is -2.07. The lowest BCUT2D eigenvalue weighted by atomic mass is 10.1. The summed E-state index contributed by atoms with van der Waals surface area (Å²) in [5.74, 6) is 1.18. The average molecular weight is 248 g/mol. The largest absolute Gasteiger partial charge is 0.388 e. The molecule has 1 saturated carbocycles. The SMILES string of the molecule is O[C@H](Cc1nc(C2CC2)no1)c1cccc(F)c1. The summed E-state index contributed by atoms with van der Waals surface area (Å²) in [5.41, 5.74) is 0.515. The summed E-state index contributed by atoms with van der Waals surface area (Å²) in [6, 6.07) is 5.89. The number of aliphatic hydroxyl groups is 1. The molecule has 1 atom stereocenters. The Morgan fingerprint density at radius 1 is 1.44 bits per heavy atom. The summed E-state index contributed by atoms with van der Waals surface area (Å²) in [6.45, 7) is 0. The van der Waals surface area contributed by atoms with E-state index in [1.54, 1.807) is 12.1 Å². The molecule has 0 aliphatic heterocycles. The van der Waals surface area contributed by atoms with Gasteiger partial charge in [-0.1, -0.05) is 17.3 Å². The van der Waals surface area contributed by atoms with E-state index in [9.17, 15) is 9.50 Å². The molecule has 0 spiro atoms. The molecule has 5 heteroatoms. The Bertz CT molecular complexity index is 551. The van der Waals surface area contributed by atoms with Crippen LogP contribution in [0.5, 0.6) is 0 Å². The molecule has 0 saturated heterocycles. The lowest BCUT2D eigenvalue weighted by molar-refractivity contribution is 0.164. The number of aliphatic hydroxyl groups excluding tert-OH is 1. The van der Waals surface area contributed by atoms with Crippen LogP contribution in [0.15, 0.2) is 28.8 Å². The first-order chi connectivity index (χ1) is 8.72. The molecule has 0 amide bonds. The van der Waals surface area contributed by atoms with Crippen molar-refractivity contribution in [1.29, 1.82) is 0 Å². The molecule has 94 valence electrons. The number of aromatic nitrogens is 2. The molecule has 1 aromatic carbocycles. The van der Waals surface area contributed by atoms with Crippen LogP contribution < -0.4 is 0 Å². The fourth-order valence-electron chi connectivity index (χ4n) is 1.86. The number of benzene rings is 1. The van der Waals surface area contributed by atoms with Gasteiger partial charge in [0, 0.05) is 5.92 Å². The summed E-state index contributed by atoms with van der Waals surface area (Å²) in [7, 11) is 0. The third-order valence-corrected chi connectivity index (χ3v) is 3.03. The Balaban J connectivity index is 1.70. The normalized spacial score (nSPS) is 16.8. The number of rotatable bonds is 4. The fraction of sp³-hybridized carbons (Fsp3) is 0.385. The van der Waals surface area contributed by atoms with E-state index >= 15 is 0 Å². The molecule has 0 bridgehead atoms. The summed E-state index contributed by atoms with van der Waals surface area (Å²) in [5, 5.41) is 13.8. The fourth-order valence-corrected chi connectivity index (χ4v) is 1.86. The van der Waals surface area contributed by atoms with E-state index in [0.29, 0.717) is 17.4 Å². The van der Waals surface area contributed by atoms with Crippen LogP contribution in [0.25, 0.3) is 0 Å². The molecule has 18 heavy (non-hydrogen) atoms. The molecule has 1 aromatic heterocycles. The molecular formula is C13H13FN2O2. The molecule has 1 aliphatic rings. The van der Waals surface area contributed by atoms with E-state index in [1.807, 2.05) is 0 Å². The maximum atomic E-state index is 13.0. The highest BCUT2D eigenvalue weighted by molar-refractivity contribution is 5.19. The molecule has 0 radical (unpaired) electrons. The lowest BCUT2D eigenvalue weighted by Crippen LogP contribution is -2.02. The third kappa shape index (κ3) is 2.41. The first kappa shape index (κ1) is 11.3. The molecule has 1 N–H and O–H groups in total. The number of hydrogen-bond acceptors (Lipinski definition) is 4. The van der Waals surface area contributed by atoms with Crippen molar-refractivity contribution >= 4 is 0 Å². The third-order valence-electron chi connectivity index (χ3n) is 3.03. The van der Waals surface area contributed by atoms with Gasteiger partial charge in [-0.15, -0.1) is 0 Å². The van der Waals surface area contributed by atoms with Gasteiger partial charge in [-0.25, -0.2) is 4.39 Å². The van der Waals surface area contributed by atoms with E-state index in [2.05, 4.69) is 10.1 Å². The Morgan fingerprint density at radius 3 is 3.00 bits per heavy atom. The van der Waals surface area contributed by atoms with E-state index in [-0.39, 0.29) is 12.2 Å². The molecule has 4 nitrogen and oxygen atoms in total. The van der Waals surface area contributed by atoms with Gasteiger partial charge in [0.2, 0.25) is 5.89 Å². The van der Waals surface area contributed by atoms with E-state index in [4.69, 9.17) is 4.52 Å². The maximum Gasteiger partial charge on any atom is 0.229 e. The van der Waals surface area contributed by atoms with Crippen molar-refractivity contribution in [2.24, 2.45) is 0 Å². The Morgan fingerprint density at radius 2 is 2.28 bits per heavy atom. The van der Waals surface area contributed by atoms with Gasteiger partial charge < -0.3 is 9.63 Å². The zero-order chi connectivity index (χ0) is 12.5. The van der Waals surface area contributed by atoms with Gasteiger partial charge >= 0.3 is 0 Å². The highest BCUT2D eigenvalue weighted by Gasteiger charge is 2.29. The Hall–Kier alpha value is -1.75. The molecule has 1 fully saturated rings. The molecule has 0 unspecified atom stereocenters. The van der Waals surface area contributed by atoms with Crippen LogP contribution in [0.1, 0.15) is 42.1 Å². The highest BCUT2D eigenvalue weighted by atomic mass is 19.1. The van der Waals surface area contributed by atoms with E-state index in [0.717, 1.165) is 18.7 Å². The summed E-state index contributed by atoms with van der Waals surface area (Å²) in [4.78, 5) is 4.23. The molecule has 1 aliphatic carbocycles. The minimum absolute atomic E-state index is 0.211. The quantitative estimate of drug-likeness (QED) is 0.902. The van der Waals surface area contributed by atoms with Crippen molar-refractivity contribution in [3.8, 4) is 0 Å². The minimum atomic E-state index is -0.826. The van der Waals surface area contributed by atoms with Crippen molar-refractivity contribution in [2.45, 2.75) is 31.3 Å². The second-order valence-electron chi connectivity index (χ2n) is 4.60. The second-order valence-corrected chi connectivity index (χ2v) is 4.60. The molecule has 1 heterocycles. The van der Waals surface area contributed by atoms with Gasteiger partial charge in [0.15, 0.2) is 5.82 Å². The van der Waals surface area contributed by atoms with Crippen molar-refractivity contribution < 1.29 is 14.0 Å². The van der Waals surface area contributed by atoms with Crippen LogP contribution in [-0.4, -0.2) is 15.2 Å². The van der Waals surface area contributed by atoms with Crippen molar-refractivity contribution in [1.82, 2.24) is 10.1 Å². The van der Waals surface area contributed by atoms with Crippen LogP contribution in [0.3, 0.4) is 0 Å². The highest BCUT2D eigenvalue weighted by Crippen LogP contribution is 2.38. The number of hydrogen-bond donors (Lipinski definition) is 1. The summed E-state index contributed by atoms with van der Waals surface area (Å²) >= 11 is 0. The Kier molecular flexibility index (Phi) is 2.83. The van der Waals surface area contributed by atoms with Crippen LogP contribution in [0.2, 0.25) is 0 Å². The minimum Gasteiger partial charge on any atom is -0.388 e. The van der Waals surface area contributed by atoms with Crippen molar-refractivity contribution in [3.63, 3.8) is 0 Å². The maximum absolute atomic E-state index is 13.0. The smallest absolute Gasteiger partial charge is 0.229 e. The summed E-state index contributed by atoms with van der Waals surface area (Å²) in [6.07, 6.45) is 1.59. The van der Waals surface area contributed by atoms with Gasteiger partial charge in [0.1, 0.15) is 5.82 Å². The van der Waals surface area contributed by atoms with Gasteiger partial charge in [-0.05, 0) is 30.5 Å². The van der Waals surface area contributed by atoms with Crippen LogP contribution in [0.4, 0.5) is 4.39 Å². The first-order valence-corrected chi connectivity index (χ1v) is 5.98.